The van der Waals surface area contributed by atoms with E-state index in [-0.39, 0.29) is 30.3 Å². The molecule has 11 nitrogen and oxygen atoms in total. The van der Waals surface area contributed by atoms with Crippen molar-refractivity contribution in [1.82, 2.24) is 29.9 Å². The maximum absolute atomic E-state index is 6.59. The van der Waals surface area contributed by atoms with Gasteiger partial charge in [-0.2, -0.15) is 0 Å². The zero-order chi connectivity index (χ0) is 36.8. The van der Waals surface area contributed by atoms with E-state index in [1.54, 1.807) is 12.7 Å². The first kappa shape index (κ1) is 41.6. The number of halogens is 4. The Morgan fingerprint density at radius 2 is 0.930 bits per heavy atom. The lowest BCUT2D eigenvalue weighted by Crippen LogP contribution is -2.17. The van der Waals surface area contributed by atoms with Gasteiger partial charge in [-0.3, -0.25) is 9.97 Å². The molecule has 0 aliphatic carbocycles. The van der Waals surface area contributed by atoms with Crippen molar-refractivity contribution in [2.45, 2.75) is 39.5 Å². The fourth-order valence-electron chi connectivity index (χ4n) is 7.85. The molecule has 0 radical (unpaired) electrons. The minimum absolute atomic E-state index is 0. The van der Waals surface area contributed by atoms with Crippen LogP contribution in [0.3, 0.4) is 0 Å². The summed E-state index contributed by atoms with van der Waals surface area (Å²) in [5.41, 5.74) is 13.8. The number of benzene rings is 4. The molecule has 0 unspecified atom stereocenters. The van der Waals surface area contributed by atoms with E-state index in [0.29, 0.717) is 0 Å². The van der Waals surface area contributed by atoms with E-state index < -0.39 is 0 Å². The molecule has 0 amide bonds. The molecule has 2 fully saturated rings. The van der Waals surface area contributed by atoms with Gasteiger partial charge in [0.2, 0.25) is 0 Å². The van der Waals surface area contributed by atoms with Gasteiger partial charge in [0.1, 0.15) is 0 Å². The number of nitrogens with zero attached hydrogens (tertiary/aromatic N) is 6. The molecule has 0 saturated carbocycles. The summed E-state index contributed by atoms with van der Waals surface area (Å²) in [6, 6.07) is 24.5. The van der Waals surface area contributed by atoms with Crippen molar-refractivity contribution in [1.29, 1.82) is 0 Å². The maximum atomic E-state index is 6.59. The first-order chi connectivity index (χ1) is 26.4. The molecule has 6 heterocycles. The number of hydrogen-bond acceptors (Lipinski definition) is 8. The molecule has 2 aliphatic heterocycles. The first-order valence-electron chi connectivity index (χ1n) is 18.5. The lowest BCUT2D eigenvalue weighted by molar-refractivity contribution is 0.824. The lowest BCUT2D eigenvalue weighted by Gasteiger charge is -2.20. The van der Waals surface area contributed by atoms with E-state index in [4.69, 9.17) is 23.2 Å². The van der Waals surface area contributed by atoms with Gasteiger partial charge >= 0.3 is 0 Å². The fraction of sp³-hybridized carbons (Fsp3) is 0.238. The number of imidazole rings is 2. The van der Waals surface area contributed by atoms with Crippen molar-refractivity contribution in [2.24, 2.45) is 0 Å². The van der Waals surface area contributed by atoms with Crippen LogP contribution in [0, 0.1) is 13.8 Å². The molecule has 10 rings (SSSR count). The standard InChI is InChI=1S/2C21H20ClN5.2ClH.H2O/c2*1-13-10-18(20-16(25-13)5-6-17-21(20)24-12-23-17)26-14-4-7-19(15(22)11-14)27-8-2-3-9-27;;;/h2*4-7,10-12H,2-3,8-9H2,1H3,(H,23,24)(H,25,26);2*1H;1H2. The highest BCUT2D eigenvalue weighted by Crippen LogP contribution is 2.37. The number of H-pyrrole nitrogens is 2. The van der Waals surface area contributed by atoms with Gasteiger partial charge in [-0.25, -0.2) is 9.97 Å². The lowest BCUT2D eigenvalue weighted by atomic mass is 10.1. The Morgan fingerprint density at radius 3 is 1.32 bits per heavy atom. The molecule has 2 aliphatic rings. The molecule has 0 atom stereocenters. The molecular formula is C42H44Cl4N10O. The van der Waals surface area contributed by atoms with Crippen LogP contribution in [-0.4, -0.2) is 61.6 Å². The van der Waals surface area contributed by atoms with Gasteiger partial charge in [-0.15, -0.1) is 24.8 Å². The Bertz CT molecular complexity index is 2490. The minimum Gasteiger partial charge on any atom is -0.412 e. The minimum atomic E-state index is 0. The second kappa shape index (κ2) is 17.6. The van der Waals surface area contributed by atoms with Crippen molar-refractivity contribution in [3.05, 3.63) is 107 Å². The van der Waals surface area contributed by atoms with Crippen LogP contribution in [0.5, 0.6) is 0 Å². The molecule has 2 saturated heterocycles. The summed E-state index contributed by atoms with van der Waals surface area (Å²) in [7, 11) is 0. The summed E-state index contributed by atoms with van der Waals surface area (Å²) in [4.78, 5) is 29.3. The largest absolute Gasteiger partial charge is 0.412 e. The summed E-state index contributed by atoms with van der Waals surface area (Å²) >= 11 is 13.2. The van der Waals surface area contributed by atoms with Crippen molar-refractivity contribution >= 4 is 126 Å². The number of hydrogen-bond donors (Lipinski definition) is 4. The maximum Gasteiger partial charge on any atom is 0.0932 e. The summed E-state index contributed by atoms with van der Waals surface area (Å²) < 4.78 is 0. The molecule has 8 aromatic rings. The molecule has 57 heavy (non-hydrogen) atoms. The van der Waals surface area contributed by atoms with Crippen LogP contribution >= 0.6 is 48.0 Å². The summed E-state index contributed by atoms with van der Waals surface area (Å²) in [5.74, 6) is 0. The van der Waals surface area contributed by atoms with Crippen LogP contribution in [0.1, 0.15) is 37.1 Å². The fourth-order valence-corrected chi connectivity index (χ4v) is 8.45. The van der Waals surface area contributed by atoms with E-state index in [9.17, 15) is 0 Å². The van der Waals surface area contributed by atoms with Crippen molar-refractivity contribution < 1.29 is 5.48 Å². The highest BCUT2D eigenvalue weighted by atomic mass is 35.5. The number of fused-ring (bicyclic) bond motifs is 6. The van der Waals surface area contributed by atoms with Crippen molar-refractivity contribution in [3.8, 4) is 0 Å². The molecule has 0 bridgehead atoms. The van der Waals surface area contributed by atoms with E-state index in [2.05, 4.69) is 86.7 Å². The van der Waals surface area contributed by atoms with Gasteiger partial charge in [0.15, 0.2) is 0 Å². The van der Waals surface area contributed by atoms with Crippen LogP contribution in [0.2, 0.25) is 10.0 Å². The molecule has 4 aromatic heterocycles. The Hall–Kier alpha value is -5.04. The zero-order valence-electron chi connectivity index (χ0n) is 31.5. The number of aromatic amines is 2. The van der Waals surface area contributed by atoms with Gasteiger partial charge in [0.05, 0.1) is 78.5 Å². The van der Waals surface area contributed by atoms with Gasteiger partial charge in [-0.1, -0.05) is 23.2 Å². The Balaban J connectivity index is 0.000000183. The van der Waals surface area contributed by atoms with Crippen LogP contribution in [0.25, 0.3) is 43.9 Å². The average molecular weight is 847 g/mol. The van der Waals surface area contributed by atoms with E-state index in [0.717, 1.165) is 126 Å². The summed E-state index contributed by atoms with van der Waals surface area (Å²) in [5, 5.41) is 10.7. The highest BCUT2D eigenvalue weighted by molar-refractivity contribution is 6.34. The predicted octanol–water partition coefficient (Wildman–Crippen LogP) is 10.9. The monoisotopic (exact) mass is 844 g/mol. The quantitative estimate of drug-likeness (QED) is 0.129. The molecule has 4 aromatic carbocycles. The number of nitrogens with one attached hydrogen (secondary N) is 4. The number of aryl methyl sites for hydroxylation is 2. The smallest absolute Gasteiger partial charge is 0.0932 e. The Morgan fingerprint density at radius 1 is 0.544 bits per heavy atom. The third-order valence-electron chi connectivity index (χ3n) is 10.3. The van der Waals surface area contributed by atoms with Gasteiger partial charge in [-0.05, 0) is 112 Å². The Labute approximate surface area is 352 Å². The van der Waals surface area contributed by atoms with Gasteiger partial charge in [0, 0.05) is 59.7 Å². The normalized spacial score (nSPS) is 13.6. The molecule has 6 N–H and O–H groups in total. The second-order valence-corrected chi connectivity index (χ2v) is 14.9. The van der Waals surface area contributed by atoms with Gasteiger partial charge < -0.3 is 35.9 Å². The average Bonchev–Trinajstić information content (AvgIpc) is 4.00. The number of pyridine rings is 2. The number of anilines is 6. The van der Waals surface area contributed by atoms with Crippen molar-refractivity contribution in [3.63, 3.8) is 0 Å². The zero-order valence-corrected chi connectivity index (χ0v) is 34.6. The third kappa shape index (κ3) is 8.35. The Kier molecular flexibility index (Phi) is 12.9. The van der Waals surface area contributed by atoms with Crippen LogP contribution in [-0.2, 0) is 0 Å². The number of rotatable bonds is 6. The van der Waals surface area contributed by atoms with Gasteiger partial charge in [0.25, 0.3) is 0 Å². The highest BCUT2D eigenvalue weighted by Gasteiger charge is 2.18. The van der Waals surface area contributed by atoms with E-state index in [1.165, 1.54) is 25.7 Å². The first-order valence-corrected chi connectivity index (χ1v) is 19.2. The topological polar surface area (TPSA) is 145 Å². The van der Waals surface area contributed by atoms with E-state index >= 15 is 0 Å². The molecule has 296 valence electrons. The summed E-state index contributed by atoms with van der Waals surface area (Å²) in [6.45, 7) is 8.34. The molecule has 0 spiro atoms. The predicted molar refractivity (Wildman–Crippen MR) is 243 cm³/mol. The van der Waals surface area contributed by atoms with Crippen LogP contribution in [0.4, 0.5) is 34.1 Å². The van der Waals surface area contributed by atoms with Crippen molar-refractivity contribution in [2.75, 3.05) is 46.6 Å². The molecule has 15 heteroatoms. The third-order valence-corrected chi connectivity index (χ3v) is 10.9. The van der Waals surface area contributed by atoms with E-state index in [1.807, 2.05) is 50.2 Å². The molecular weight excluding hydrogens is 802 g/mol. The second-order valence-electron chi connectivity index (χ2n) is 14.1. The van der Waals surface area contributed by atoms with Crippen LogP contribution in [0.15, 0.2) is 85.5 Å². The number of aromatic nitrogens is 6. The van der Waals surface area contributed by atoms with Crippen LogP contribution < -0.4 is 20.4 Å². The SMILES string of the molecule is Cc1cc(Nc2ccc(N3CCCC3)c(Cl)c2)c2c(ccc3nc[nH]c32)n1.Cc1cc(Nc2ccc(N3CCCC3)c(Cl)c2)c2c(ccc3nc[nH]c32)n1.Cl.Cl.O. The summed E-state index contributed by atoms with van der Waals surface area (Å²) in [6.07, 6.45) is 8.38.